The molecule has 27 heavy (non-hydrogen) atoms. The van der Waals surface area contributed by atoms with Crippen LogP contribution in [-0.2, 0) is 13.0 Å². The van der Waals surface area contributed by atoms with Crippen LogP contribution in [-0.4, -0.2) is 10.5 Å². The highest BCUT2D eigenvalue weighted by molar-refractivity contribution is 6.04. The second kappa shape index (κ2) is 8.15. The number of aromatic nitrogens is 1. The number of hydrogen-bond donors (Lipinski definition) is 1. The van der Waals surface area contributed by atoms with Crippen LogP contribution in [0.15, 0.2) is 71.7 Å². The molecule has 1 amide bonds. The van der Waals surface area contributed by atoms with E-state index < -0.39 is 0 Å². The van der Waals surface area contributed by atoms with Crippen molar-refractivity contribution in [3.05, 3.63) is 99.5 Å². The summed E-state index contributed by atoms with van der Waals surface area (Å²) in [5.74, 6) is -0.368. The standard InChI is InChI=1S/C22H19N3O2/c1-2-16-7-9-17(10-8-16)14-25-15-19(11-12-21(25)26)22(27)24-20-6-4-3-5-18(20)13-23/h3-12,15H,2,14H2,1H3,(H,24,27). The average Bonchev–Trinajstić information content (AvgIpc) is 2.70. The number of nitrogens with one attached hydrogen (secondary N) is 1. The van der Waals surface area contributed by atoms with Crippen LogP contribution in [0.25, 0.3) is 0 Å². The maximum atomic E-state index is 12.5. The molecule has 5 nitrogen and oxygen atoms in total. The Labute approximate surface area is 157 Å². The second-order valence-corrected chi connectivity index (χ2v) is 6.17. The minimum absolute atomic E-state index is 0.177. The van der Waals surface area contributed by atoms with Crippen LogP contribution < -0.4 is 10.9 Å². The molecule has 0 aliphatic rings. The van der Waals surface area contributed by atoms with Crippen molar-refractivity contribution < 1.29 is 4.79 Å². The first kappa shape index (κ1) is 18.2. The van der Waals surface area contributed by atoms with Gasteiger partial charge in [-0.1, -0.05) is 43.3 Å². The maximum Gasteiger partial charge on any atom is 0.257 e. The molecule has 0 bridgehead atoms. The van der Waals surface area contributed by atoms with E-state index in [1.54, 1.807) is 30.5 Å². The Morgan fingerprint density at radius 1 is 1.04 bits per heavy atom. The molecule has 3 rings (SSSR count). The maximum absolute atomic E-state index is 12.5. The van der Waals surface area contributed by atoms with Gasteiger partial charge in [0.1, 0.15) is 6.07 Å². The number of rotatable bonds is 5. The second-order valence-electron chi connectivity index (χ2n) is 6.17. The Hall–Kier alpha value is -3.65. The van der Waals surface area contributed by atoms with Crippen molar-refractivity contribution in [1.82, 2.24) is 4.57 Å². The molecule has 1 heterocycles. The van der Waals surface area contributed by atoms with Crippen LogP contribution in [0.5, 0.6) is 0 Å². The molecule has 0 saturated carbocycles. The van der Waals surface area contributed by atoms with E-state index in [4.69, 9.17) is 5.26 Å². The minimum Gasteiger partial charge on any atom is -0.321 e. The Balaban J connectivity index is 1.82. The van der Waals surface area contributed by atoms with Crippen molar-refractivity contribution >= 4 is 11.6 Å². The van der Waals surface area contributed by atoms with E-state index in [9.17, 15) is 9.59 Å². The van der Waals surface area contributed by atoms with Crippen LogP contribution >= 0.6 is 0 Å². The molecule has 1 aromatic heterocycles. The molecule has 5 heteroatoms. The summed E-state index contributed by atoms with van der Waals surface area (Å²) in [5.41, 5.74) is 3.22. The summed E-state index contributed by atoms with van der Waals surface area (Å²) >= 11 is 0. The lowest BCUT2D eigenvalue weighted by Gasteiger charge is -2.10. The number of carbonyl (C=O) groups excluding carboxylic acids is 1. The summed E-state index contributed by atoms with van der Waals surface area (Å²) < 4.78 is 1.51. The highest BCUT2D eigenvalue weighted by Gasteiger charge is 2.10. The van der Waals surface area contributed by atoms with E-state index in [1.807, 2.05) is 30.3 Å². The van der Waals surface area contributed by atoms with Gasteiger partial charge in [-0.25, -0.2) is 0 Å². The van der Waals surface area contributed by atoms with Gasteiger partial charge in [0.15, 0.2) is 0 Å². The quantitative estimate of drug-likeness (QED) is 0.758. The summed E-state index contributed by atoms with van der Waals surface area (Å²) in [4.78, 5) is 24.7. The van der Waals surface area contributed by atoms with Gasteiger partial charge >= 0.3 is 0 Å². The Bertz CT molecular complexity index is 1060. The monoisotopic (exact) mass is 357 g/mol. The Morgan fingerprint density at radius 2 is 1.74 bits per heavy atom. The molecule has 0 fully saturated rings. The van der Waals surface area contributed by atoms with E-state index in [-0.39, 0.29) is 11.5 Å². The highest BCUT2D eigenvalue weighted by Crippen LogP contribution is 2.15. The highest BCUT2D eigenvalue weighted by atomic mass is 16.2. The molecule has 1 N–H and O–H groups in total. The number of pyridine rings is 1. The van der Waals surface area contributed by atoms with Crippen LogP contribution in [0, 0.1) is 11.3 Å². The normalized spacial score (nSPS) is 10.2. The van der Waals surface area contributed by atoms with Crippen molar-refractivity contribution in [3.63, 3.8) is 0 Å². The zero-order valence-electron chi connectivity index (χ0n) is 15.0. The smallest absolute Gasteiger partial charge is 0.257 e. The number of amides is 1. The van der Waals surface area contributed by atoms with Crippen LogP contribution in [0.4, 0.5) is 5.69 Å². The fraction of sp³-hybridized carbons (Fsp3) is 0.136. The van der Waals surface area contributed by atoms with Crippen molar-refractivity contribution in [3.8, 4) is 6.07 Å². The predicted molar refractivity (Wildman–Crippen MR) is 105 cm³/mol. The van der Waals surface area contributed by atoms with Gasteiger partial charge in [-0.05, 0) is 35.7 Å². The molecule has 3 aromatic rings. The van der Waals surface area contributed by atoms with Gasteiger partial charge < -0.3 is 9.88 Å². The van der Waals surface area contributed by atoms with Crippen LogP contribution in [0.2, 0.25) is 0 Å². The van der Waals surface area contributed by atoms with Gasteiger partial charge in [-0.3, -0.25) is 9.59 Å². The third-order valence-electron chi connectivity index (χ3n) is 4.33. The van der Waals surface area contributed by atoms with E-state index in [0.717, 1.165) is 12.0 Å². The van der Waals surface area contributed by atoms with E-state index in [2.05, 4.69) is 12.2 Å². The SMILES string of the molecule is CCc1ccc(Cn2cc(C(=O)Nc3ccccc3C#N)ccc2=O)cc1. The molecule has 0 radical (unpaired) electrons. The van der Waals surface area contributed by atoms with E-state index in [0.29, 0.717) is 23.4 Å². The molecule has 0 saturated heterocycles. The number of hydrogen-bond acceptors (Lipinski definition) is 3. The van der Waals surface area contributed by atoms with Gasteiger partial charge in [-0.15, -0.1) is 0 Å². The summed E-state index contributed by atoms with van der Waals surface area (Å²) in [6.45, 7) is 2.48. The average molecular weight is 357 g/mol. The lowest BCUT2D eigenvalue weighted by Crippen LogP contribution is -2.22. The number of para-hydroxylation sites is 1. The fourth-order valence-corrected chi connectivity index (χ4v) is 2.75. The first-order valence-electron chi connectivity index (χ1n) is 8.69. The lowest BCUT2D eigenvalue weighted by atomic mass is 10.1. The molecule has 0 aliphatic carbocycles. The summed E-state index contributed by atoms with van der Waals surface area (Å²) in [5, 5.41) is 11.9. The Kier molecular flexibility index (Phi) is 5.48. The van der Waals surface area contributed by atoms with Crippen molar-refractivity contribution in [2.24, 2.45) is 0 Å². The van der Waals surface area contributed by atoms with Crippen molar-refractivity contribution in [2.45, 2.75) is 19.9 Å². The molecule has 0 atom stereocenters. The van der Waals surface area contributed by atoms with E-state index >= 15 is 0 Å². The van der Waals surface area contributed by atoms with Crippen molar-refractivity contribution in [1.29, 1.82) is 5.26 Å². The fourth-order valence-electron chi connectivity index (χ4n) is 2.75. The van der Waals surface area contributed by atoms with Gasteiger partial charge in [0.05, 0.1) is 23.4 Å². The number of carbonyl (C=O) groups is 1. The number of nitrogens with zero attached hydrogens (tertiary/aromatic N) is 2. The van der Waals surface area contributed by atoms with E-state index in [1.165, 1.54) is 22.3 Å². The topological polar surface area (TPSA) is 74.9 Å². The summed E-state index contributed by atoms with van der Waals surface area (Å²) in [6.07, 6.45) is 2.50. The number of benzene rings is 2. The third-order valence-corrected chi connectivity index (χ3v) is 4.33. The number of nitriles is 1. The Morgan fingerprint density at radius 3 is 2.44 bits per heavy atom. The lowest BCUT2D eigenvalue weighted by molar-refractivity contribution is 0.102. The zero-order valence-corrected chi connectivity index (χ0v) is 15.0. The van der Waals surface area contributed by atoms with Gasteiger partial charge in [0, 0.05) is 12.3 Å². The molecule has 0 unspecified atom stereocenters. The summed E-state index contributed by atoms with van der Waals surface area (Å²) in [6, 6.07) is 19.7. The van der Waals surface area contributed by atoms with Gasteiger partial charge in [-0.2, -0.15) is 5.26 Å². The summed E-state index contributed by atoms with van der Waals surface area (Å²) in [7, 11) is 0. The van der Waals surface area contributed by atoms with Crippen molar-refractivity contribution in [2.75, 3.05) is 5.32 Å². The largest absolute Gasteiger partial charge is 0.321 e. The minimum atomic E-state index is -0.368. The molecular formula is C22H19N3O2. The number of aryl methyl sites for hydroxylation is 1. The zero-order chi connectivity index (χ0) is 19.2. The molecule has 134 valence electrons. The van der Waals surface area contributed by atoms with Gasteiger partial charge in [0.25, 0.3) is 11.5 Å². The molecule has 2 aromatic carbocycles. The number of anilines is 1. The first-order valence-corrected chi connectivity index (χ1v) is 8.69. The van der Waals surface area contributed by atoms with Crippen LogP contribution in [0.1, 0.15) is 34.0 Å². The predicted octanol–water partition coefficient (Wildman–Crippen LogP) is 3.58. The van der Waals surface area contributed by atoms with Gasteiger partial charge in [0.2, 0.25) is 0 Å². The molecule has 0 spiro atoms. The third kappa shape index (κ3) is 4.31. The first-order chi connectivity index (χ1) is 13.1. The molecular weight excluding hydrogens is 338 g/mol. The molecule has 0 aliphatic heterocycles. The van der Waals surface area contributed by atoms with Crippen LogP contribution in [0.3, 0.4) is 0 Å².